The Morgan fingerprint density at radius 2 is 2.26 bits per heavy atom. The highest BCUT2D eigenvalue weighted by atomic mass is 35.5. The van der Waals surface area contributed by atoms with Gasteiger partial charge in [0.1, 0.15) is 5.82 Å². The highest BCUT2D eigenvalue weighted by Gasteiger charge is 2.44. The molecule has 2 rings (SSSR count). The minimum Gasteiger partial charge on any atom is -0.481 e. The maximum absolute atomic E-state index is 13.5. The third-order valence-electron chi connectivity index (χ3n) is 3.37. The van der Waals surface area contributed by atoms with E-state index in [1.165, 1.54) is 17.0 Å². The van der Waals surface area contributed by atoms with Crippen LogP contribution in [0.5, 0.6) is 0 Å². The summed E-state index contributed by atoms with van der Waals surface area (Å²) in [6.07, 6.45) is -0.0575. The van der Waals surface area contributed by atoms with Gasteiger partial charge >= 0.3 is 5.97 Å². The summed E-state index contributed by atoms with van der Waals surface area (Å²) in [4.78, 5) is 24.5. The van der Waals surface area contributed by atoms with Crippen LogP contribution in [0, 0.1) is 11.7 Å². The smallest absolute Gasteiger partial charge is 0.309 e. The van der Waals surface area contributed by atoms with E-state index in [-0.39, 0.29) is 17.4 Å². The number of carbonyl (C=O) groups excluding carboxylic acids is 1. The van der Waals surface area contributed by atoms with Crippen LogP contribution in [0.3, 0.4) is 0 Å². The maximum Gasteiger partial charge on any atom is 0.309 e. The van der Waals surface area contributed by atoms with Gasteiger partial charge in [-0.2, -0.15) is 0 Å². The molecule has 6 heteroatoms. The SMILES string of the molecule is CCN1C(=O)CC(C(=O)O)C1c1ccc(Cl)c(F)c1. The lowest BCUT2D eigenvalue weighted by Gasteiger charge is -2.26. The number of halogens is 2. The lowest BCUT2D eigenvalue weighted by atomic mass is 9.93. The molecule has 2 unspecified atom stereocenters. The van der Waals surface area contributed by atoms with Crippen LogP contribution in [0.2, 0.25) is 5.02 Å². The van der Waals surface area contributed by atoms with E-state index in [1.54, 1.807) is 13.0 Å². The maximum atomic E-state index is 13.5. The molecule has 1 fully saturated rings. The van der Waals surface area contributed by atoms with Gasteiger partial charge in [0.05, 0.1) is 17.0 Å². The molecule has 0 radical (unpaired) electrons. The zero-order valence-corrected chi connectivity index (χ0v) is 11.0. The molecule has 1 heterocycles. The third-order valence-corrected chi connectivity index (χ3v) is 3.68. The fraction of sp³-hybridized carbons (Fsp3) is 0.385. The summed E-state index contributed by atoms with van der Waals surface area (Å²) in [6, 6.07) is 3.50. The first-order valence-corrected chi connectivity index (χ1v) is 6.30. The number of hydrogen-bond acceptors (Lipinski definition) is 2. The van der Waals surface area contributed by atoms with Gasteiger partial charge in [0.15, 0.2) is 0 Å². The van der Waals surface area contributed by atoms with Crippen LogP contribution in [0.15, 0.2) is 18.2 Å². The standard InChI is InChI=1S/C13H13ClFNO3/c1-2-16-11(17)6-8(13(18)19)12(16)7-3-4-9(14)10(15)5-7/h3-5,8,12H,2,6H2,1H3,(H,18,19). The van der Waals surface area contributed by atoms with Gasteiger partial charge in [-0.3, -0.25) is 9.59 Å². The Morgan fingerprint density at radius 1 is 1.58 bits per heavy atom. The van der Waals surface area contributed by atoms with Gasteiger partial charge in [-0.15, -0.1) is 0 Å². The van der Waals surface area contributed by atoms with E-state index in [9.17, 15) is 19.1 Å². The summed E-state index contributed by atoms with van der Waals surface area (Å²) in [7, 11) is 0. The monoisotopic (exact) mass is 285 g/mol. The van der Waals surface area contributed by atoms with Gasteiger partial charge in [-0.1, -0.05) is 17.7 Å². The molecular formula is C13H13ClFNO3. The predicted octanol–water partition coefficient (Wildman–Crippen LogP) is 2.47. The van der Waals surface area contributed by atoms with Crippen molar-refractivity contribution in [1.82, 2.24) is 4.90 Å². The molecule has 1 amide bonds. The second kappa shape index (κ2) is 5.17. The van der Waals surface area contributed by atoms with Crippen LogP contribution in [-0.2, 0) is 9.59 Å². The van der Waals surface area contributed by atoms with Crippen LogP contribution in [0.25, 0.3) is 0 Å². The normalized spacial score (nSPS) is 22.9. The molecule has 1 N–H and O–H groups in total. The number of benzene rings is 1. The molecule has 0 bridgehead atoms. The van der Waals surface area contributed by atoms with E-state index in [2.05, 4.69) is 0 Å². The Hall–Kier alpha value is -1.62. The number of nitrogens with zero attached hydrogens (tertiary/aromatic N) is 1. The van der Waals surface area contributed by atoms with Crippen LogP contribution < -0.4 is 0 Å². The lowest BCUT2D eigenvalue weighted by Crippen LogP contribution is -2.30. The van der Waals surface area contributed by atoms with Gasteiger partial charge in [-0.05, 0) is 24.6 Å². The van der Waals surface area contributed by atoms with Crippen molar-refractivity contribution < 1.29 is 19.1 Å². The van der Waals surface area contributed by atoms with Gasteiger partial charge in [0.2, 0.25) is 5.91 Å². The van der Waals surface area contributed by atoms with Crippen molar-refractivity contribution in [3.05, 3.63) is 34.6 Å². The summed E-state index contributed by atoms with van der Waals surface area (Å²) in [6.45, 7) is 2.15. The summed E-state index contributed by atoms with van der Waals surface area (Å²) < 4.78 is 13.5. The minimum absolute atomic E-state index is 0.0250. The fourth-order valence-electron chi connectivity index (χ4n) is 2.49. The Labute approximate surface area is 114 Å². The van der Waals surface area contributed by atoms with Gasteiger partial charge < -0.3 is 10.0 Å². The molecule has 2 atom stereocenters. The van der Waals surface area contributed by atoms with Gasteiger partial charge in [0.25, 0.3) is 0 Å². The topological polar surface area (TPSA) is 57.6 Å². The van der Waals surface area contributed by atoms with E-state index in [0.29, 0.717) is 12.1 Å². The van der Waals surface area contributed by atoms with E-state index >= 15 is 0 Å². The minimum atomic E-state index is -1.05. The summed E-state index contributed by atoms with van der Waals surface area (Å²) >= 11 is 5.61. The van der Waals surface area contributed by atoms with Crippen LogP contribution in [0.4, 0.5) is 4.39 Å². The molecule has 0 spiro atoms. The molecular weight excluding hydrogens is 273 g/mol. The summed E-state index contributed by atoms with van der Waals surface area (Å²) in [5, 5.41) is 9.18. The van der Waals surface area contributed by atoms with Crippen molar-refractivity contribution >= 4 is 23.5 Å². The number of likely N-dealkylation sites (tertiary alicyclic amines) is 1. The summed E-state index contributed by atoms with van der Waals surface area (Å²) in [5.74, 6) is -2.74. The first kappa shape index (κ1) is 13.8. The summed E-state index contributed by atoms with van der Waals surface area (Å²) in [5.41, 5.74) is 0.460. The van der Waals surface area contributed by atoms with Crippen molar-refractivity contribution in [3.8, 4) is 0 Å². The molecule has 0 aromatic heterocycles. The predicted molar refractivity (Wildman–Crippen MR) is 67.3 cm³/mol. The quantitative estimate of drug-likeness (QED) is 0.928. The Kier molecular flexibility index (Phi) is 3.75. The number of carboxylic acid groups (broad SMARTS) is 1. The average Bonchev–Trinajstić information content (AvgIpc) is 2.69. The van der Waals surface area contributed by atoms with Crippen molar-refractivity contribution in [1.29, 1.82) is 0 Å². The highest BCUT2D eigenvalue weighted by molar-refractivity contribution is 6.30. The van der Waals surface area contributed by atoms with Crippen molar-refractivity contribution in [2.24, 2.45) is 5.92 Å². The van der Waals surface area contributed by atoms with Gasteiger partial charge in [-0.25, -0.2) is 4.39 Å². The molecule has 1 aromatic carbocycles. The zero-order chi connectivity index (χ0) is 14.2. The first-order valence-electron chi connectivity index (χ1n) is 5.93. The zero-order valence-electron chi connectivity index (χ0n) is 10.3. The Balaban J connectivity index is 2.45. The van der Waals surface area contributed by atoms with E-state index in [1.807, 2.05) is 0 Å². The Bertz CT molecular complexity index is 535. The molecule has 1 saturated heterocycles. The van der Waals surface area contributed by atoms with Gasteiger partial charge in [0, 0.05) is 13.0 Å². The molecule has 0 saturated carbocycles. The van der Waals surface area contributed by atoms with Crippen molar-refractivity contribution in [2.45, 2.75) is 19.4 Å². The second-order valence-corrected chi connectivity index (χ2v) is 4.85. The van der Waals surface area contributed by atoms with Crippen LogP contribution in [0.1, 0.15) is 24.9 Å². The van der Waals surface area contributed by atoms with Crippen LogP contribution in [-0.4, -0.2) is 28.4 Å². The number of carbonyl (C=O) groups is 2. The first-order chi connectivity index (χ1) is 8.95. The molecule has 0 aliphatic carbocycles. The van der Waals surface area contributed by atoms with Crippen LogP contribution >= 0.6 is 11.6 Å². The van der Waals surface area contributed by atoms with E-state index < -0.39 is 23.7 Å². The van der Waals surface area contributed by atoms with E-state index in [4.69, 9.17) is 11.6 Å². The number of rotatable bonds is 3. The average molecular weight is 286 g/mol. The third kappa shape index (κ3) is 2.42. The largest absolute Gasteiger partial charge is 0.481 e. The number of amides is 1. The highest BCUT2D eigenvalue weighted by Crippen LogP contribution is 2.38. The van der Waals surface area contributed by atoms with E-state index in [0.717, 1.165) is 0 Å². The number of hydrogen-bond donors (Lipinski definition) is 1. The molecule has 4 nitrogen and oxygen atoms in total. The molecule has 1 aliphatic heterocycles. The second-order valence-electron chi connectivity index (χ2n) is 4.45. The molecule has 1 aliphatic rings. The molecule has 102 valence electrons. The lowest BCUT2D eigenvalue weighted by molar-refractivity contribution is -0.142. The fourth-order valence-corrected chi connectivity index (χ4v) is 2.61. The Morgan fingerprint density at radius 3 is 2.79 bits per heavy atom. The number of carboxylic acids is 1. The molecule has 19 heavy (non-hydrogen) atoms. The van der Waals surface area contributed by atoms with Crippen molar-refractivity contribution in [2.75, 3.05) is 6.54 Å². The van der Waals surface area contributed by atoms with Crippen molar-refractivity contribution in [3.63, 3.8) is 0 Å². The number of aliphatic carboxylic acids is 1. The molecule has 1 aromatic rings.